The van der Waals surface area contributed by atoms with Crippen molar-refractivity contribution in [1.29, 1.82) is 0 Å². The molecule has 1 unspecified atom stereocenters. The lowest BCUT2D eigenvalue weighted by Crippen LogP contribution is -2.71. The fourth-order valence-corrected chi connectivity index (χ4v) is 2.10. The Morgan fingerprint density at radius 2 is 1.10 bits per heavy atom. The lowest BCUT2D eigenvalue weighted by Gasteiger charge is -2.40. The molecule has 0 aliphatic rings. The number of alkyl halides is 13. The Hall–Kier alpha value is -1.93. The van der Waals surface area contributed by atoms with Crippen molar-refractivity contribution in [3.8, 4) is 5.75 Å². The predicted octanol–water partition coefficient (Wildman–Crippen LogP) is 5.34. The number of aliphatic hydroxyl groups excluding tert-OH is 1. The molecule has 0 amide bonds. The Kier molecular flexibility index (Phi) is 6.65. The van der Waals surface area contributed by atoms with Crippen molar-refractivity contribution < 1.29 is 66.9 Å². The minimum atomic E-state index is -8.00. The fourth-order valence-electron chi connectivity index (χ4n) is 2.10. The summed E-state index contributed by atoms with van der Waals surface area (Å²) in [5.41, 5.74) is -0.436. The molecule has 30 heavy (non-hydrogen) atoms. The van der Waals surface area contributed by atoms with E-state index in [0.29, 0.717) is 0 Å². The van der Waals surface area contributed by atoms with Gasteiger partial charge in [0.25, 0.3) is 0 Å². The van der Waals surface area contributed by atoms with Crippen LogP contribution in [0.5, 0.6) is 5.75 Å². The first kappa shape index (κ1) is 26.1. The first-order valence-electron chi connectivity index (χ1n) is 7.45. The largest absolute Gasteiger partial charge is 0.497 e. The average molecular weight is 470 g/mol. The van der Waals surface area contributed by atoms with E-state index >= 15 is 0 Å². The van der Waals surface area contributed by atoms with Gasteiger partial charge in [0.2, 0.25) is 0 Å². The van der Waals surface area contributed by atoms with Gasteiger partial charge < -0.3 is 9.84 Å². The van der Waals surface area contributed by atoms with Crippen LogP contribution in [0.15, 0.2) is 24.3 Å². The molecule has 1 atom stereocenters. The minimum absolute atomic E-state index is 0.103. The van der Waals surface area contributed by atoms with Crippen molar-refractivity contribution in [3.05, 3.63) is 29.8 Å². The summed E-state index contributed by atoms with van der Waals surface area (Å²) in [5.74, 6) is -37.7. The SMILES string of the molecule is COc1ccc(CC(O)C(F)(F)C(F)(F)C(F)(F)C(F)(F)C(F)(F)C(F)(F)F)cc1. The molecule has 1 aromatic rings. The van der Waals surface area contributed by atoms with Crippen LogP contribution in [-0.4, -0.2) is 54.1 Å². The number of hydrogen-bond donors (Lipinski definition) is 1. The molecular formula is C15H11F13O2. The Bertz CT molecular complexity index is 725. The number of benzene rings is 1. The van der Waals surface area contributed by atoms with E-state index in [9.17, 15) is 62.2 Å². The summed E-state index contributed by atoms with van der Waals surface area (Å²) in [7, 11) is 1.16. The van der Waals surface area contributed by atoms with E-state index in [0.717, 1.165) is 31.4 Å². The third kappa shape index (κ3) is 3.87. The molecule has 1 aromatic carbocycles. The molecule has 174 valence electrons. The molecule has 0 spiro atoms. The molecule has 15 heteroatoms. The molecule has 0 aliphatic carbocycles. The zero-order chi connectivity index (χ0) is 24.0. The summed E-state index contributed by atoms with van der Waals surface area (Å²) in [6.07, 6.45) is -12.9. The molecule has 0 aliphatic heterocycles. The number of halogens is 13. The summed E-state index contributed by atoms with van der Waals surface area (Å²) < 4.78 is 174. The average Bonchev–Trinajstić information content (AvgIpc) is 2.60. The van der Waals surface area contributed by atoms with Crippen LogP contribution in [0.25, 0.3) is 0 Å². The number of ether oxygens (including phenoxy) is 1. The van der Waals surface area contributed by atoms with Crippen LogP contribution in [0.3, 0.4) is 0 Å². The highest BCUT2D eigenvalue weighted by Gasteiger charge is 2.91. The Morgan fingerprint density at radius 3 is 1.47 bits per heavy atom. The second kappa shape index (κ2) is 7.64. The van der Waals surface area contributed by atoms with Gasteiger partial charge in [-0.3, -0.25) is 0 Å². The first-order valence-corrected chi connectivity index (χ1v) is 7.45. The number of rotatable bonds is 8. The third-order valence-corrected chi connectivity index (χ3v) is 3.96. The van der Waals surface area contributed by atoms with Gasteiger partial charge in [0.15, 0.2) is 0 Å². The summed E-state index contributed by atoms with van der Waals surface area (Å²) in [6.45, 7) is 0. The zero-order valence-corrected chi connectivity index (χ0v) is 14.4. The molecule has 0 fully saturated rings. The standard InChI is InChI=1S/C15H11F13O2/c1-30-8-4-2-7(3-5-8)6-9(29)10(16,17)11(18,19)12(20,21)13(22,23)14(24,25)15(26,27)28/h2-5,9,29H,6H2,1H3. The van der Waals surface area contributed by atoms with Gasteiger partial charge in [0, 0.05) is 6.42 Å². The molecule has 1 N–H and O–H groups in total. The molecule has 0 saturated heterocycles. The lowest BCUT2D eigenvalue weighted by molar-refractivity contribution is -0.444. The molecule has 0 bridgehead atoms. The van der Waals surface area contributed by atoms with Crippen molar-refractivity contribution in [3.63, 3.8) is 0 Å². The Balaban J connectivity index is 3.32. The highest BCUT2D eigenvalue weighted by Crippen LogP contribution is 2.60. The van der Waals surface area contributed by atoms with Gasteiger partial charge in [-0.2, -0.15) is 57.1 Å². The lowest BCUT2D eigenvalue weighted by atomic mass is 9.89. The van der Waals surface area contributed by atoms with Gasteiger partial charge >= 0.3 is 35.8 Å². The van der Waals surface area contributed by atoms with E-state index < -0.39 is 53.9 Å². The summed E-state index contributed by atoms with van der Waals surface area (Å²) >= 11 is 0. The van der Waals surface area contributed by atoms with Crippen LogP contribution in [0.2, 0.25) is 0 Å². The van der Waals surface area contributed by atoms with E-state index in [2.05, 4.69) is 4.74 Å². The van der Waals surface area contributed by atoms with Crippen LogP contribution in [0.1, 0.15) is 5.56 Å². The van der Waals surface area contributed by atoms with E-state index in [1.807, 2.05) is 0 Å². The van der Waals surface area contributed by atoms with Gasteiger partial charge in [-0.15, -0.1) is 0 Å². The van der Waals surface area contributed by atoms with Gasteiger partial charge in [-0.05, 0) is 17.7 Å². The van der Waals surface area contributed by atoms with Crippen molar-refractivity contribution in [2.75, 3.05) is 7.11 Å². The van der Waals surface area contributed by atoms with Crippen molar-refractivity contribution >= 4 is 0 Å². The van der Waals surface area contributed by atoms with Crippen molar-refractivity contribution in [2.45, 2.75) is 48.3 Å². The highest BCUT2D eigenvalue weighted by molar-refractivity contribution is 5.28. The molecule has 0 aromatic heterocycles. The maximum absolute atomic E-state index is 13.8. The second-order valence-corrected chi connectivity index (χ2v) is 5.99. The monoisotopic (exact) mass is 470 g/mol. The number of methoxy groups -OCH3 is 1. The topological polar surface area (TPSA) is 29.5 Å². The third-order valence-electron chi connectivity index (χ3n) is 3.96. The van der Waals surface area contributed by atoms with Crippen LogP contribution in [0, 0.1) is 0 Å². The predicted molar refractivity (Wildman–Crippen MR) is 73.5 cm³/mol. The number of hydrogen-bond acceptors (Lipinski definition) is 2. The summed E-state index contributed by atoms with van der Waals surface area (Å²) in [6, 6.07) is 3.84. The van der Waals surface area contributed by atoms with E-state index in [-0.39, 0.29) is 5.75 Å². The molecule has 0 radical (unpaired) electrons. The van der Waals surface area contributed by atoms with Crippen LogP contribution in [-0.2, 0) is 6.42 Å². The summed E-state index contributed by atoms with van der Waals surface area (Å²) in [4.78, 5) is 0. The quantitative estimate of drug-likeness (QED) is 0.521. The fraction of sp³-hybridized carbons (Fsp3) is 0.600. The van der Waals surface area contributed by atoms with Gasteiger partial charge in [-0.25, -0.2) is 0 Å². The normalized spacial score (nSPS) is 15.8. The highest BCUT2D eigenvalue weighted by atomic mass is 19.4. The van der Waals surface area contributed by atoms with Gasteiger partial charge in [-0.1, -0.05) is 12.1 Å². The van der Waals surface area contributed by atoms with Gasteiger partial charge in [0.05, 0.1) is 7.11 Å². The maximum atomic E-state index is 13.8. The van der Waals surface area contributed by atoms with E-state index in [1.165, 1.54) is 0 Å². The van der Waals surface area contributed by atoms with E-state index in [1.54, 1.807) is 0 Å². The second-order valence-electron chi connectivity index (χ2n) is 5.99. The van der Waals surface area contributed by atoms with Gasteiger partial charge in [0.1, 0.15) is 11.9 Å². The maximum Gasteiger partial charge on any atom is 0.460 e. The Labute approximate surface area is 159 Å². The first-order chi connectivity index (χ1) is 13.2. The van der Waals surface area contributed by atoms with Crippen molar-refractivity contribution in [1.82, 2.24) is 0 Å². The smallest absolute Gasteiger partial charge is 0.460 e. The molecule has 1 rings (SSSR count). The van der Waals surface area contributed by atoms with Crippen LogP contribution in [0.4, 0.5) is 57.1 Å². The van der Waals surface area contributed by atoms with E-state index in [4.69, 9.17) is 0 Å². The minimum Gasteiger partial charge on any atom is -0.497 e. The van der Waals surface area contributed by atoms with Crippen LogP contribution >= 0.6 is 0 Å². The molecule has 2 nitrogen and oxygen atoms in total. The van der Waals surface area contributed by atoms with Crippen LogP contribution < -0.4 is 4.74 Å². The Morgan fingerprint density at radius 1 is 0.700 bits per heavy atom. The van der Waals surface area contributed by atoms with Crippen molar-refractivity contribution in [2.24, 2.45) is 0 Å². The molecule has 0 saturated carbocycles. The molecule has 0 heterocycles. The molecular weight excluding hydrogens is 459 g/mol. The zero-order valence-electron chi connectivity index (χ0n) is 14.4. The number of aliphatic hydroxyl groups is 1. The summed E-state index contributed by atoms with van der Waals surface area (Å²) in [5, 5.41) is 9.24.